The molecule has 0 bridgehead atoms. The van der Waals surface area contributed by atoms with Gasteiger partial charge >= 0.3 is 6.03 Å². The molecule has 0 radical (unpaired) electrons. The summed E-state index contributed by atoms with van der Waals surface area (Å²) in [5.41, 5.74) is 2.41. The summed E-state index contributed by atoms with van der Waals surface area (Å²) in [6.45, 7) is 1.50. The number of rotatable bonds is 6. The molecule has 0 spiro atoms. The van der Waals surface area contributed by atoms with Crippen molar-refractivity contribution >= 4 is 53.0 Å². The maximum absolute atomic E-state index is 12.7. The number of hydrogen-bond acceptors (Lipinski definition) is 4. The van der Waals surface area contributed by atoms with Crippen LogP contribution in [0.3, 0.4) is 0 Å². The first-order valence-corrected chi connectivity index (χ1v) is 11.3. The van der Waals surface area contributed by atoms with Crippen LogP contribution in [0.15, 0.2) is 88.3 Å². The number of nitrogens with one attached hydrogen (secondary N) is 2. The Balaban J connectivity index is 1.40. The van der Waals surface area contributed by atoms with Gasteiger partial charge in [0.1, 0.15) is 12.2 Å². The molecular formula is C25H20ClN3O3S. The average molecular weight is 478 g/mol. The van der Waals surface area contributed by atoms with Gasteiger partial charge in [-0.2, -0.15) is 0 Å². The normalized spacial score (nSPS) is 14.5. The molecule has 1 fully saturated rings. The number of halogens is 1. The highest BCUT2D eigenvalue weighted by Crippen LogP contribution is 2.29. The quantitative estimate of drug-likeness (QED) is 0.371. The van der Waals surface area contributed by atoms with E-state index >= 15 is 0 Å². The van der Waals surface area contributed by atoms with Crippen LogP contribution >= 0.6 is 23.4 Å². The van der Waals surface area contributed by atoms with Gasteiger partial charge < -0.3 is 10.6 Å². The summed E-state index contributed by atoms with van der Waals surface area (Å²) in [4.78, 5) is 40.3. The summed E-state index contributed by atoms with van der Waals surface area (Å²) >= 11 is 7.51. The van der Waals surface area contributed by atoms with Gasteiger partial charge in [-0.3, -0.25) is 9.59 Å². The van der Waals surface area contributed by atoms with Crippen LogP contribution < -0.4 is 10.6 Å². The zero-order valence-corrected chi connectivity index (χ0v) is 19.2. The molecule has 2 N–H and O–H groups in total. The van der Waals surface area contributed by atoms with Gasteiger partial charge in [0.15, 0.2) is 0 Å². The molecule has 1 saturated heterocycles. The Morgan fingerprint density at radius 2 is 1.64 bits per heavy atom. The van der Waals surface area contributed by atoms with E-state index in [1.54, 1.807) is 30.0 Å². The smallest absolute Gasteiger partial charge is 0.324 e. The number of hydrogen-bond donors (Lipinski definition) is 2. The lowest BCUT2D eigenvalue weighted by Gasteiger charge is -2.13. The van der Waals surface area contributed by atoms with Crippen LogP contribution in [0.5, 0.6) is 0 Å². The second-order valence-corrected chi connectivity index (χ2v) is 8.95. The summed E-state index contributed by atoms with van der Waals surface area (Å²) in [6.07, 6.45) is 1.59. The third kappa shape index (κ3) is 5.63. The van der Waals surface area contributed by atoms with Gasteiger partial charge in [-0.15, -0.1) is 0 Å². The fourth-order valence-corrected chi connectivity index (χ4v) is 4.14. The Hall–Kier alpha value is -3.55. The number of para-hydroxylation sites is 1. The predicted octanol–water partition coefficient (Wildman–Crippen LogP) is 5.33. The molecule has 0 unspecified atom stereocenters. The molecule has 6 nitrogen and oxygen atoms in total. The highest BCUT2D eigenvalue weighted by atomic mass is 35.5. The van der Waals surface area contributed by atoms with Crippen molar-refractivity contribution in [2.75, 3.05) is 11.9 Å². The van der Waals surface area contributed by atoms with E-state index in [-0.39, 0.29) is 12.2 Å². The van der Waals surface area contributed by atoms with E-state index in [0.29, 0.717) is 10.7 Å². The van der Waals surface area contributed by atoms with Crippen molar-refractivity contribution in [2.24, 2.45) is 0 Å². The number of nitrogens with zero attached hydrogens (tertiary/aromatic N) is 1. The molecule has 3 aromatic rings. The highest BCUT2D eigenvalue weighted by Gasteiger charge is 2.34. The molecule has 4 amide bonds. The maximum atomic E-state index is 12.7. The average Bonchev–Trinajstić information content (AvgIpc) is 3.05. The molecule has 1 aliphatic heterocycles. The van der Waals surface area contributed by atoms with Gasteiger partial charge in [0.2, 0.25) is 5.91 Å². The first kappa shape index (κ1) is 22.6. The van der Waals surface area contributed by atoms with E-state index in [2.05, 4.69) is 10.6 Å². The van der Waals surface area contributed by atoms with Crippen molar-refractivity contribution in [3.05, 3.63) is 94.6 Å². The van der Waals surface area contributed by atoms with Crippen molar-refractivity contribution in [2.45, 2.75) is 16.7 Å². The number of anilines is 1. The van der Waals surface area contributed by atoms with Crippen LogP contribution in [0.1, 0.15) is 11.1 Å². The van der Waals surface area contributed by atoms with Crippen molar-refractivity contribution in [1.29, 1.82) is 0 Å². The van der Waals surface area contributed by atoms with Crippen LogP contribution in [-0.2, 0) is 9.59 Å². The van der Waals surface area contributed by atoms with Crippen LogP contribution in [0.4, 0.5) is 10.5 Å². The van der Waals surface area contributed by atoms with E-state index in [4.69, 9.17) is 11.6 Å². The van der Waals surface area contributed by atoms with Crippen molar-refractivity contribution < 1.29 is 14.4 Å². The number of amides is 4. The summed E-state index contributed by atoms with van der Waals surface area (Å²) in [5, 5.41) is 5.96. The summed E-state index contributed by atoms with van der Waals surface area (Å²) in [6, 6.07) is 21.8. The zero-order chi connectivity index (χ0) is 23.4. The topological polar surface area (TPSA) is 78.5 Å². The standard InChI is InChI=1S/C25H20ClN3O3S/c1-16-4-2-3-5-21(16)27-23(30)15-29-24(31)22(28-25(29)32)14-17-6-10-19(11-7-17)33-20-12-8-18(26)9-13-20/h2-14H,15H2,1H3,(H,27,30)(H,28,32)/b22-14-. The number of urea groups is 1. The molecule has 0 aliphatic carbocycles. The van der Waals surface area contributed by atoms with Crippen LogP contribution in [0, 0.1) is 6.92 Å². The second-order valence-electron chi connectivity index (χ2n) is 7.37. The third-order valence-corrected chi connectivity index (χ3v) is 6.19. The Labute approximate surface area is 200 Å². The van der Waals surface area contributed by atoms with E-state index in [1.165, 1.54) is 0 Å². The van der Waals surface area contributed by atoms with Gasteiger partial charge in [-0.1, -0.05) is 53.7 Å². The first-order valence-electron chi connectivity index (χ1n) is 10.1. The summed E-state index contributed by atoms with van der Waals surface area (Å²) < 4.78 is 0. The lowest BCUT2D eigenvalue weighted by atomic mass is 10.2. The molecule has 1 heterocycles. The molecule has 33 heavy (non-hydrogen) atoms. The molecule has 0 saturated carbocycles. The number of carbonyl (C=O) groups excluding carboxylic acids is 3. The van der Waals surface area contributed by atoms with E-state index in [1.807, 2.05) is 67.6 Å². The fraction of sp³-hybridized carbons (Fsp3) is 0.0800. The Morgan fingerprint density at radius 1 is 1.00 bits per heavy atom. The zero-order valence-electron chi connectivity index (χ0n) is 17.7. The van der Waals surface area contributed by atoms with Crippen molar-refractivity contribution in [3.8, 4) is 0 Å². The minimum atomic E-state index is -0.624. The van der Waals surface area contributed by atoms with E-state index in [9.17, 15) is 14.4 Å². The van der Waals surface area contributed by atoms with Crippen molar-refractivity contribution in [3.63, 3.8) is 0 Å². The molecule has 8 heteroatoms. The monoisotopic (exact) mass is 477 g/mol. The lowest BCUT2D eigenvalue weighted by Crippen LogP contribution is -2.38. The Kier molecular flexibility index (Phi) is 6.82. The maximum Gasteiger partial charge on any atom is 0.329 e. The number of benzene rings is 3. The SMILES string of the molecule is Cc1ccccc1NC(=O)CN1C(=O)N/C(=C\c2ccc(Sc3ccc(Cl)cc3)cc2)C1=O. The fourth-order valence-electron chi connectivity index (χ4n) is 3.20. The van der Waals surface area contributed by atoms with Gasteiger partial charge in [0.25, 0.3) is 5.91 Å². The largest absolute Gasteiger partial charge is 0.329 e. The molecule has 3 aromatic carbocycles. The Morgan fingerprint density at radius 3 is 2.30 bits per heavy atom. The van der Waals surface area contributed by atoms with Crippen molar-refractivity contribution in [1.82, 2.24) is 10.2 Å². The first-order chi connectivity index (χ1) is 15.9. The minimum Gasteiger partial charge on any atom is -0.324 e. The Bertz CT molecular complexity index is 1240. The van der Waals surface area contributed by atoms with Gasteiger partial charge in [-0.05, 0) is 66.6 Å². The minimum absolute atomic E-state index is 0.127. The molecule has 0 atom stereocenters. The van der Waals surface area contributed by atoms with Crippen LogP contribution in [0.2, 0.25) is 5.02 Å². The van der Waals surface area contributed by atoms with Gasteiger partial charge in [0.05, 0.1) is 0 Å². The molecule has 0 aromatic heterocycles. The van der Waals surface area contributed by atoms with E-state index < -0.39 is 17.8 Å². The van der Waals surface area contributed by atoms with Gasteiger partial charge in [0, 0.05) is 20.5 Å². The third-order valence-electron chi connectivity index (χ3n) is 4.92. The molecular weight excluding hydrogens is 458 g/mol. The second kappa shape index (κ2) is 9.94. The van der Waals surface area contributed by atoms with Gasteiger partial charge in [-0.25, -0.2) is 9.69 Å². The highest BCUT2D eigenvalue weighted by molar-refractivity contribution is 7.99. The lowest BCUT2D eigenvalue weighted by molar-refractivity contribution is -0.127. The van der Waals surface area contributed by atoms with E-state index in [0.717, 1.165) is 25.8 Å². The van der Waals surface area contributed by atoms with Crippen LogP contribution in [-0.4, -0.2) is 29.3 Å². The van der Waals surface area contributed by atoms with Crippen LogP contribution in [0.25, 0.3) is 6.08 Å². The predicted molar refractivity (Wildman–Crippen MR) is 130 cm³/mol. The summed E-state index contributed by atoms with van der Waals surface area (Å²) in [7, 11) is 0. The number of imide groups is 1. The number of aryl methyl sites for hydroxylation is 1. The molecule has 1 aliphatic rings. The molecule has 166 valence electrons. The number of carbonyl (C=O) groups is 3. The summed E-state index contributed by atoms with van der Waals surface area (Å²) in [5.74, 6) is -0.989. The molecule has 4 rings (SSSR count).